The SMILES string of the molecule is CC1CCCN(CCCNC(C)C)CC1. The van der Waals surface area contributed by atoms with Crippen molar-refractivity contribution in [2.45, 2.75) is 52.5 Å². The summed E-state index contributed by atoms with van der Waals surface area (Å²) in [5, 5.41) is 3.48. The molecule has 0 spiro atoms. The van der Waals surface area contributed by atoms with Crippen LogP contribution in [0.25, 0.3) is 0 Å². The summed E-state index contributed by atoms with van der Waals surface area (Å²) < 4.78 is 0. The lowest BCUT2D eigenvalue weighted by Crippen LogP contribution is -2.30. The van der Waals surface area contributed by atoms with Crippen LogP contribution in [0.3, 0.4) is 0 Å². The molecule has 0 radical (unpaired) electrons. The Morgan fingerprint density at radius 2 is 2.07 bits per heavy atom. The van der Waals surface area contributed by atoms with Gasteiger partial charge in [0.25, 0.3) is 0 Å². The minimum atomic E-state index is 0.633. The van der Waals surface area contributed by atoms with Crippen molar-refractivity contribution in [1.29, 1.82) is 0 Å². The average molecular weight is 212 g/mol. The van der Waals surface area contributed by atoms with Gasteiger partial charge in [-0.05, 0) is 57.8 Å². The Morgan fingerprint density at radius 3 is 2.80 bits per heavy atom. The first kappa shape index (κ1) is 13.0. The predicted molar refractivity (Wildman–Crippen MR) is 67.2 cm³/mol. The molecular weight excluding hydrogens is 184 g/mol. The molecule has 0 bridgehead atoms. The van der Waals surface area contributed by atoms with Crippen LogP contribution in [0.15, 0.2) is 0 Å². The van der Waals surface area contributed by atoms with E-state index in [4.69, 9.17) is 0 Å². The van der Waals surface area contributed by atoms with Crippen LogP contribution < -0.4 is 5.32 Å². The highest BCUT2D eigenvalue weighted by Gasteiger charge is 2.12. The standard InChI is InChI=1S/C13H28N2/c1-12(2)14-8-5-10-15-9-4-6-13(3)7-11-15/h12-14H,4-11H2,1-3H3. The largest absolute Gasteiger partial charge is 0.314 e. The Kier molecular flexibility index (Phi) is 6.26. The normalized spacial score (nSPS) is 24.4. The zero-order chi connectivity index (χ0) is 11.1. The molecule has 0 aromatic carbocycles. The lowest BCUT2D eigenvalue weighted by atomic mass is 10.0. The van der Waals surface area contributed by atoms with Crippen molar-refractivity contribution >= 4 is 0 Å². The summed E-state index contributed by atoms with van der Waals surface area (Å²) in [7, 11) is 0. The second-order valence-corrected chi connectivity index (χ2v) is 5.34. The second-order valence-electron chi connectivity index (χ2n) is 5.34. The van der Waals surface area contributed by atoms with Crippen molar-refractivity contribution in [2.75, 3.05) is 26.2 Å². The Labute approximate surface area is 95.4 Å². The van der Waals surface area contributed by atoms with Gasteiger partial charge in [-0.15, -0.1) is 0 Å². The van der Waals surface area contributed by atoms with Crippen LogP contribution in [0, 0.1) is 5.92 Å². The van der Waals surface area contributed by atoms with Crippen LogP contribution in [0.5, 0.6) is 0 Å². The highest BCUT2D eigenvalue weighted by molar-refractivity contribution is 4.67. The van der Waals surface area contributed by atoms with Crippen molar-refractivity contribution in [3.05, 3.63) is 0 Å². The van der Waals surface area contributed by atoms with Crippen molar-refractivity contribution in [3.63, 3.8) is 0 Å². The van der Waals surface area contributed by atoms with Gasteiger partial charge >= 0.3 is 0 Å². The second kappa shape index (κ2) is 7.24. The highest BCUT2D eigenvalue weighted by atomic mass is 15.1. The number of rotatable bonds is 5. The quantitative estimate of drug-likeness (QED) is 0.704. The van der Waals surface area contributed by atoms with Crippen LogP contribution in [0.1, 0.15) is 46.5 Å². The molecule has 2 heteroatoms. The molecule has 1 aliphatic rings. The van der Waals surface area contributed by atoms with Crippen LogP contribution in [-0.4, -0.2) is 37.1 Å². The fraction of sp³-hybridized carbons (Fsp3) is 1.00. The van der Waals surface area contributed by atoms with Gasteiger partial charge in [0, 0.05) is 6.04 Å². The molecule has 1 atom stereocenters. The summed E-state index contributed by atoms with van der Waals surface area (Å²) in [6.45, 7) is 11.9. The maximum absolute atomic E-state index is 3.48. The van der Waals surface area contributed by atoms with E-state index in [9.17, 15) is 0 Å². The molecule has 1 heterocycles. The molecule has 1 rings (SSSR count). The summed E-state index contributed by atoms with van der Waals surface area (Å²) in [5.41, 5.74) is 0. The number of hydrogen-bond donors (Lipinski definition) is 1. The van der Waals surface area contributed by atoms with Gasteiger partial charge in [0.1, 0.15) is 0 Å². The monoisotopic (exact) mass is 212 g/mol. The van der Waals surface area contributed by atoms with E-state index in [1.807, 2.05) is 0 Å². The predicted octanol–water partition coefficient (Wildman–Crippen LogP) is 2.50. The minimum absolute atomic E-state index is 0.633. The minimum Gasteiger partial charge on any atom is -0.314 e. The van der Waals surface area contributed by atoms with Crippen molar-refractivity contribution in [3.8, 4) is 0 Å². The number of likely N-dealkylation sites (tertiary alicyclic amines) is 1. The van der Waals surface area contributed by atoms with Gasteiger partial charge in [-0.3, -0.25) is 0 Å². The molecule has 0 aliphatic carbocycles. The molecule has 15 heavy (non-hydrogen) atoms. The summed E-state index contributed by atoms with van der Waals surface area (Å²) in [5.74, 6) is 0.948. The van der Waals surface area contributed by atoms with E-state index in [2.05, 4.69) is 31.0 Å². The van der Waals surface area contributed by atoms with Crippen LogP contribution in [-0.2, 0) is 0 Å². The van der Waals surface area contributed by atoms with E-state index >= 15 is 0 Å². The van der Waals surface area contributed by atoms with Gasteiger partial charge in [-0.25, -0.2) is 0 Å². The van der Waals surface area contributed by atoms with E-state index in [0.717, 1.165) is 5.92 Å². The van der Waals surface area contributed by atoms with Crippen molar-refractivity contribution in [2.24, 2.45) is 5.92 Å². The fourth-order valence-corrected chi connectivity index (χ4v) is 2.24. The van der Waals surface area contributed by atoms with Gasteiger partial charge in [-0.2, -0.15) is 0 Å². The van der Waals surface area contributed by atoms with Gasteiger partial charge in [0.2, 0.25) is 0 Å². The zero-order valence-electron chi connectivity index (χ0n) is 10.8. The fourth-order valence-electron chi connectivity index (χ4n) is 2.24. The highest BCUT2D eigenvalue weighted by Crippen LogP contribution is 2.16. The first-order chi connectivity index (χ1) is 7.18. The summed E-state index contributed by atoms with van der Waals surface area (Å²) in [6.07, 6.45) is 5.53. The molecule has 0 amide bonds. The molecule has 1 unspecified atom stereocenters. The molecule has 1 aliphatic heterocycles. The smallest absolute Gasteiger partial charge is 0.00103 e. The Bertz CT molecular complexity index is 157. The number of hydrogen-bond acceptors (Lipinski definition) is 2. The summed E-state index contributed by atoms with van der Waals surface area (Å²) in [4.78, 5) is 2.64. The molecule has 90 valence electrons. The van der Waals surface area contributed by atoms with Crippen LogP contribution in [0.4, 0.5) is 0 Å². The van der Waals surface area contributed by atoms with Gasteiger partial charge in [0.15, 0.2) is 0 Å². The number of nitrogens with zero attached hydrogens (tertiary/aromatic N) is 1. The molecule has 1 saturated heterocycles. The van der Waals surface area contributed by atoms with E-state index in [-0.39, 0.29) is 0 Å². The average Bonchev–Trinajstić information content (AvgIpc) is 2.38. The Hall–Kier alpha value is -0.0800. The van der Waals surface area contributed by atoms with Crippen molar-refractivity contribution < 1.29 is 0 Å². The molecule has 1 N–H and O–H groups in total. The summed E-state index contributed by atoms with van der Waals surface area (Å²) in [6, 6.07) is 0.633. The lowest BCUT2D eigenvalue weighted by molar-refractivity contribution is 0.276. The molecule has 2 nitrogen and oxygen atoms in total. The third-order valence-corrected chi connectivity index (χ3v) is 3.31. The first-order valence-corrected chi connectivity index (χ1v) is 6.64. The lowest BCUT2D eigenvalue weighted by Gasteiger charge is -2.20. The molecule has 0 saturated carbocycles. The third kappa shape index (κ3) is 6.16. The first-order valence-electron chi connectivity index (χ1n) is 6.64. The van der Waals surface area contributed by atoms with Crippen molar-refractivity contribution in [1.82, 2.24) is 10.2 Å². The maximum Gasteiger partial charge on any atom is 0.00103 e. The molecule has 1 fully saturated rings. The van der Waals surface area contributed by atoms with E-state index in [1.54, 1.807) is 0 Å². The third-order valence-electron chi connectivity index (χ3n) is 3.31. The van der Waals surface area contributed by atoms with Crippen LogP contribution >= 0.6 is 0 Å². The van der Waals surface area contributed by atoms with E-state index < -0.39 is 0 Å². The Morgan fingerprint density at radius 1 is 1.27 bits per heavy atom. The zero-order valence-corrected chi connectivity index (χ0v) is 10.8. The Balaban J connectivity index is 2.05. The van der Waals surface area contributed by atoms with Gasteiger partial charge in [0.05, 0.1) is 0 Å². The topological polar surface area (TPSA) is 15.3 Å². The van der Waals surface area contributed by atoms with Gasteiger partial charge in [-0.1, -0.05) is 20.8 Å². The molecule has 0 aromatic rings. The molecule has 0 aromatic heterocycles. The summed E-state index contributed by atoms with van der Waals surface area (Å²) >= 11 is 0. The van der Waals surface area contributed by atoms with Crippen LogP contribution in [0.2, 0.25) is 0 Å². The molecular formula is C13H28N2. The van der Waals surface area contributed by atoms with E-state index in [1.165, 1.54) is 51.9 Å². The maximum atomic E-state index is 3.48. The number of nitrogens with one attached hydrogen (secondary N) is 1. The van der Waals surface area contributed by atoms with Gasteiger partial charge < -0.3 is 10.2 Å². The van der Waals surface area contributed by atoms with E-state index in [0.29, 0.717) is 6.04 Å².